The number of hydrogen-bond donors (Lipinski definition) is 0. The van der Waals surface area contributed by atoms with E-state index in [-0.39, 0.29) is 12.0 Å². The standard InChI is InChI=1S/C19H16ClNO3S2/c20-13-5-3-12(4-6-13)16-8-7-14(24-16)10-17-18(22)21(19(25)26-17)11-15-2-1-9-23-15/h3-8,10,15H,1-2,9,11H2/b17-10+. The first-order chi connectivity index (χ1) is 12.6. The molecule has 2 aliphatic heterocycles. The van der Waals surface area contributed by atoms with Gasteiger partial charge in [0.05, 0.1) is 17.6 Å². The average Bonchev–Trinajstić information content (AvgIpc) is 3.35. The molecule has 0 aliphatic carbocycles. The Bertz CT molecular complexity index is 869. The van der Waals surface area contributed by atoms with Crippen molar-refractivity contribution in [2.75, 3.05) is 13.2 Å². The number of rotatable bonds is 4. The van der Waals surface area contributed by atoms with E-state index in [4.69, 9.17) is 33.0 Å². The van der Waals surface area contributed by atoms with E-state index < -0.39 is 0 Å². The van der Waals surface area contributed by atoms with E-state index in [0.717, 1.165) is 30.8 Å². The Balaban J connectivity index is 1.50. The van der Waals surface area contributed by atoms with Gasteiger partial charge in [0, 0.05) is 23.3 Å². The molecule has 1 unspecified atom stereocenters. The van der Waals surface area contributed by atoms with E-state index in [1.807, 2.05) is 36.4 Å². The quantitative estimate of drug-likeness (QED) is 0.530. The molecule has 0 saturated carbocycles. The van der Waals surface area contributed by atoms with E-state index in [1.54, 1.807) is 11.0 Å². The second-order valence-corrected chi connectivity index (χ2v) is 8.25. The molecule has 2 aliphatic rings. The van der Waals surface area contributed by atoms with Crippen molar-refractivity contribution in [3.05, 3.63) is 52.1 Å². The first kappa shape index (κ1) is 17.8. The molecule has 0 N–H and O–H groups in total. The lowest BCUT2D eigenvalue weighted by Gasteiger charge is -2.18. The first-order valence-electron chi connectivity index (χ1n) is 8.33. The number of thioether (sulfide) groups is 1. The summed E-state index contributed by atoms with van der Waals surface area (Å²) in [7, 11) is 0. The van der Waals surface area contributed by atoms with Gasteiger partial charge in [-0.15, -0.1) is 0 Å². The van der Waals surface area contributed by atoms with Crippen molar-refractivity contribution in [1.29, 1.82) is 0 Å². The summed E-state index contributed by atoms with van der Waals surface area (Å²) in [5.41, 5.74) is 0.931. The summed E-state index contributed by atoms with van der Waals surface area (Å²) >= 11 is 12.6. The van der Waals surface area contributed by atoms with Gasteiger partial charge in [-0.3, -0.25) is 9.69 Å². The van der Waals surface area contributed by atoms with E-state index >= 15 is 0 Å². The SMILES string of the molecule is O=C1/C(=C\c2ccc(-c3ccc(Cl)cc3)o2)SC(=S)N1CC1CCCO1. The zero-order valence-electron chi connectivity index (χ0n) is 13.8. The Morgan fingerprint density at radius 3 is 2.81 bits per heavy atom. The van der Waals surface area contributed by atoms with Crippen LogP contribution in [0.25, 0.3) is 17.4 Å². The third-order valence-electron chi connectivity index (χ3n) is 4.31. The van der Waals surface area contributed by atoms with Crippen LogP contribution in [0.1, 0.15) is 18.6 Å². The minimum Gasteiger partial charge on any atom is -0.457 e. The molecule has 2 fully saturated rings. The molecule has 1 amide bonds. The van der Waals surface area contributed by atoms with Crippen LogP contribution in [0.5, 0.6) is 0 Å². The highest BCUT2D eigenvalue weighted by Gasteiger charge is 2.34. The van der Waals surface area contributed by atoms with Gasteiger partial charge in [-0.2, -0.15) is 0 Å². The normalized spacial score (nSPS) is 22.0. The molecule has 4 nitrogen and oxygen atoms in total. The predicted octanol–water partition coefficient (Wildman–Crippen LogP) is 4.98. The van der Waals surface area contributed by atoms with Gasteiger partial charge in [-0.1, -0.05) is 35.6 Å². The number of furan rings is 1. The number of ether oxygens (including phenoxy) is 1. The first-order valence-corrected chi connectivity index (χ1v) is 9.93. The number of nitrogens with zero attached hydrogens (tertiary/aromatic N) is 1. The van der Waals surface area contributed by atoms with Crippen molar-refractivity contribution in [1.82, 2.24) is 4.90 Å². The van der Waals surface area contributed by atoms with E-state index in [2.05, 4.69) is 0 Å². The topological polar surface area (TPSA) is 42.7 Å². The van der Waals surface area contributed by atoms with Gasteiger partial charge in [0.1, 0.15) is 15.8 Å². The Hall–Kier alpha value is -1.60. The molecule has 7 heteroatoms. The summed E-state index contributed by atoms with van der Waals surface area (Å²) < 4.78 is 12.0. The fourth-order valence-electron chi connectivity index (χ4n) is 2.98. The molecule has 0 bridgehead atoms. The molecular weight excluding hydrogens is 390 g/mol. The maximum atomic E-state index is 12.7. The third-order valence-corrected chi connectivity index (χ3v) is 5.94. The molecule has 1 atom stereocenters. The van der Waals surface area contributed by atoms with E-state index in [1.165, 1.54) is 11.8 Å². The molecule has 3 heterocycles. The summed E-state index contributed by atoms with van der Waals surface area (Å²) in [5.74, 6) is 1.26. The number of thiocarbonyl (C=S) groups is 1. The largest absolute Gasteiger partial charge is 0.457 e. The number of amides is 1. The summed E-state index contributed by atoms with van der Waals surface area (Å²) in [4.78, 5) is 14.9. The fraction of sp³-hybridized carbons (Fsp3) is 0.263. The molecule has 1 aromatic carbocycles. The molecule has 0 radical (unpaired) electrons. The Morgan fingerprint density at radius 2 is 2.08 bits per heavy atom. The lowest BCUT2D eigenvalue weighted by atomic mass is 10.2. The van der Waals surface area contributed by atoms with Gasteiger partial charge in [-0.05, 0) is 49.2 Å². The van der Waals surface area contributed by atoms with Crippen LogP contribution in [-0.4, -0.2) is 34.4 Å². The van der Waals surface area contributed by atoms with Gasteiger partial charge >= 0.3 is 0 Å². The monoisotopic (exact) mass is 405 g/mol. The summed E-state index contributed by atoms with van der Waals surface area (Å²) in [5, 5.41) is 0.676. The molecule has 4 rings (SSSR count). The van der Waals surface area contributed by atoms with Crippen LogP contribution in [0.15, 0.2) is 45.7 Å². The number of carbonyl (C=O) groups is 1. The van der Waals surface area contributed by atoms with Crippen LogP contribution in [0.3, 0.4) is 0 Å². The predicted molar refractivity (Wildman–Crippen MR) is 108 cm³/mol. The Labute approximate surface area is 166 Å². The molecule has 134 valence electrons. The van der Waals surface area contributed by atoms with Crippen LogP contribution >= 0.6 is 35.6 Å². The number of carbonyl (C=O) groups excluding carboxylic acids is 1. The van der Waals surface area contributed by atoms with Crippen molar-refractivity contribution in [2.45, 2.75) is 18.9 Å². The molecule has 2 aromatic rings. The minimum absolute atomic E-state index is 0.0805. The molecule has 26 heavy (non-hydrogen) atoms. The van der Waals surface area contributed by atoms with Crippen molar-refractivity contribution < 1.29 is 13.9 Å². The van der Waals surface area contributed by atoms with Crippen LogP contribution in [0.2, 0.25) is 5.02 Å². The van der Waals surface area contributed by atoms with Gasteiger partial charge < -0.3 is 9.15 Å². The molecule has 2 saturated heterocycles. The number of halogens is 1. The van der Waals surface area contributed by atoms with Crippen LogP contribution in [0, 0.1) is 0 Å². The van der Waals surface area contributed by atoms with Gasteiger partial charge in [0.2, 0.25) is 0 Å². The summed E-state index contributed by atoms with van der Waals surface area (Å²) in [6.07, 6.45) is 3.83. The Morgan fingerprint density at radius 1 is 1.27 bits per heavy atom. The molecule has 1 aromatic heterocycles. The zero-order valence-corrected chi connectivity index (χ0v) is 16.2. The third kappa shape index (κ3) is 3.74. The average molecular weight is 406 g/mol. The van der Waals surface area contributed by atoms with Gasteiger partial charge in [-0.25, -0.2) is 0 Å². The second-order valence-electron chi connectivity index (χ2n) is 6.14. The number of hydrogen-bond acceptors (Lipinski definition) is 5. The Kier molecular flexibility index (Phi) is 5.18. The molecule has 0 spiro atoms. The lowest BCUT2D eigenvalue weighted by Crippen LogP contribution is -2.35. The smallest absolute Gasteiger partial charge is 0.266 e. The maximum Gasteiger partial charge on any atom is 0.266 e. The lowest BCUT2D eigenvalue weighted by molar-refractivity contribution is -0.123. The van der Waals surface area contributed by atoms with E-state index in [9.17, 15) is 4.79 Å². The maximum absolute atomic E-state index is 12.7. The summed E-state index contributed by atoms with van der Waals surface area (Å²) in [6.45, 7) is 1.28. The number of benzene rings is 1. The fourth-order valence-corrected chi connectivity index (χ4v) is 4.36. The zero-order chi connectivity index (χ0) is 18.1. The minimum atomic E-state index is -0.0834. The highest BCUT2D eigenvalue weighted by Crippen LogP contribution is 2.34. The van der Waals surface area contributed by atoms with Crippen LogP contribution in [-0.2, 0) is 9.53 Å². The van der Waals surface area contributed by atoms with Crippen LogP contribution in [0.4, 0.5) is 0 Å². The van der Waals surface area contributed by atoms with Crippen molar-refractivity contribution in [3.8, 4) is 11.3 Å². The highest BCUT2D eigenvalue weighted by atomic mass is 35.5. The van der Waals surface area contributed by atoms with Gasteiger partial charge in [0.25, 0.3) is 5.91 Å². The van der Waals surface area contributed by atoms with Crippen molar-refractivity contribution >= 4 is 51.9 Å². The van der Waals surface area contributed by atoms with Crippen LogP contribution < -0.4 is 0 Å². The van der Waals surface area contributed by atoms with E-state index in [0.29, 0.717) is 26.6 Å². The molecular formula is C19H16ClNO3S2. The summed E-state index contributed by atoms with van der Waals surface area (Å²) in [6, 6.07) is 11.1. The highest BCUT2D eigenvalue weighted by molar-refractivity contribution is 8.26. The van der Waals surface area contributed by atoms with Crippen molar-refractivity contribution in [2.24, 2.45) is 0 Å². The van der Waals surface area contributed by atoms with Gasteiger partial charge in [0.15, 0.2) is 0 Å². The van der Waals surface area contributed by atoms with Crippen molar-refractivity contribution in [3.63, 3.8) is 0 Å². The second kappa shape index (κ2) is 7.56.